The summed E-state index contributed by atoms with van der Waals surface area (Å²) in [5.74, 6) is -0.235. The average molecular weight is 321 g/mol. The molecule has 1 rings (SSSR count). The summed E-state index contributed by atoms with van der Waals surface area (Å²) in [5.41, 5.74) is 0. The van der Waals surface area contributed by atoms with Gasteiger partial charge in [-0.05, 0) is 25.0 Å². The van der Waals surface area contributed by atoms with Gasteiger partial charge in [0.05, 0.1) is 13.2 Å². The highest BCUT2D eigenvalue weighted by molar-refractivity contribution is 8.16. The first-order valence-corrected chi connectivity index (χ1v) is 10.2. The number of rotatable bonds is 10. The molecule has 0 saturated carbocycles. The van der Waals surface area contributed by atoms with Gasteiger partial charge in [0, 0.05) is 0 Å². The van der Waals surface area contributed by atoms with Gasteiger partial charge >= 0.3 is 7.63 Å². The van der Waals surface area contributed by atoms with E-state index in [9.17, 15) is 4.39 Å². The monoisotopic (exact) mass is 321 g/mol. The lowest BCUT2D eigenvalue weighted by molar-refractivity contribution is 0.192. The van der Waals surface area contributed by atoms with Gasteiger partial charge in [0.25, 0.3) is 0 Å². The van der Waals surface area contributed by atoms with Crippen LogP contribution < -0.4 is 4.52 Å². The molecule has 114 valence electrons. The molecule has 6 heteroatoms. The lowest BCUT2D eigenvalue weighted by atomic mass is 10.3. The van der Waals surface area contributed by atoms with Crippen molar-refractivity contribution in [2.75, 3.05) is 13.2 Å². The Morgan fingerprint density at radius 3 is 2.10 bits per heavy atom. The summed E-state index contributed by atoms with van der Waals surface area (Å²) >= 11 is 0. The molecule has 1 aromatic carbocycles. The van der Waals surface area contributed by atoms with Gasteiger partial charge in [-0.3, -0.25) is 4.52 Å². The van der Waals surface area contributed by atoms with Gasteiger partial charge in [0.15, 0.2) is 5.82 Å². The molecular weight excluding hydrogens is 297 g/mol. The maximum Gasteiger partial charge on any atom is 0.466 e. The van der Waals surface area contributed by atoms with E-state index < -0.39 is 13.4 Å². The van der Waals surface area contributed by atoms with Crippen LogP contribution in [0.15, 0.2) is 24.3 Å². The van der Waals surface area contributed by atoms with Gasteiger partial charge in [-0.15, -0.1) is 0 Å². The zero-order valence-electron chi connectivity index (χ0n) is 12.2. The van der Waals surface area contributed by atoms with Gasteiger partial charge in [-0.25, -0.2) is 4.39 Å². The van der Waals surface area contributed by atoms with Crippen LogP contribution in [0.2, 0.25) is 0 Å². The Morgan fingerprint density at radius 1 is 1.05 bits per heavy atom. The van der Waals surface area contributed by atoms with E-state index in [0.717, 1.165) is 25.7 Å². The Balaban J connectivity index is 2.67. The van der Waals surface area contributed by atoms with Gasteiger partial charge in [-0.2, -0.15) is 9.05 Å². The second-order valence-corrected chi connectivity index (χ2v) is 8.11. The summed E-state index contributed by atoms with van der Waals surface area (Å²) in [7, 11) is -0.0942. The summed E-state index contributed by atoms with van der Waals surface area (Å²) in [5, 5.41) is 0. The molecule has 1 atom stereocenters. The summed E-state index contributed by atoms with van der Waals surface area (Å²) in [4.78, 5) is 0. The SMILES string of the molecule is CCCCO[P+](P)(OCCCC)Oc1ccccc1F. The molecule has 0 N–H and O–H groups in total. The predicted molar refractivity (Wildman–Crippen MR) is 85.4 cm³/mol. The number of para-hydroxylation sites is 1. The van der Waals surface area contributed by atoms with E-state index in [4.69, 9.17) is 13.6 Å². The van der Waals surface area contributed by atoms with Crippen LogP contribution in [-0.4, -0.2) is 13.2 Å². The number of halogens is 1. The van der Waals surface area contributed by atoms with Crippen LogP contribution in [0.1, 0.15) is 39.5 Å². The maximum absolute atomic E-state index is 13.7. The number of unbranched alkanes of at least 4 members (excludes halogenated alkanes) is 2. The van der Waals surface area contributed by atoms with E-state index in [1.807, 2.05) is 0 Å². The number of hydrogen-bond donors (Lipinski definition) is 0. The Bertz CT molecular complexity index is 380. The Labute approximate surface area is 123 Å². The molecule has 0 saturated heterocycles. The summed E-state index contributed by atoms with van der Waals surface area (Å²) in [6.45, 7) is 5.27. The summed E-state index contributed by atoms with van der Waals surface area (Å²) in [6, 6.07) is 6.30. The summed E-state index contributed by atoms with van der Waals surface area (Å²) < 4.78 is 30.8. The molecule has 3 nitrogen and oxygen atoms in total. The molecule has 0 aliphatic rings. The molecule has 0 aromatic heterocycles. The molecule has 1 unspecified atom stereocenters. The van der Waals surface area contributed by atoms with Gasteiger partial charge < -0.3 is 0 Å². The van der Waals surface area contributed by atoms with Crippen molar-refractivity contribution >= 4 is 16.6 Å². The molecule has 20 heavy (non-hydrogen) atoms. The largest absolute Gasteiger partial charge is 0.466 e. The molecule has 0 radical (unpaired) electrons. The fourth-order valence-corrected chi connectivity index (χ4v) is 3.76. The molecule has 0 aliphatic carbocycles. The van der Waals surface area contributed by atoms with E-state index in [-0.39, 0.29) is 5.75 Å². The topological polar surface area (TPSA) is 27.7 Å². The normalized spacial score (nSPS) is 11.6. The zero-order valence-corrected chi connectivity index (χ0v) is 14.2. The minimum Gasteiger partial charge on any atom is -0.282 e. The van der Waals surface area contributed by atoms with Crippen molar-refractivity contribution in [1.29, 1.82) is 0 Å². The minimum atomic E-state index is -2.60. The van der Waals surface area contributed by atoms with E-state index in [1.165, 1.54) is 6.07 Å². The van der Waals surface area contributed by atoms with E-state index in [1.54, 1.807) is 18.2 Å². The van der Waals surface area contributed by atoms with Crippen molar-refractivity contribution in [2.24, 2.45) is 0 Å². The third kappa shape index (κ3) is 6.45. The van der Waals surface area contributed by atoms with Gasteiger partial charge in [-0.1, -0.05) is 38.8 Å². The third-order valence-corrected chi connectivity index (χ3v) is 5.35. The molecule has 0 amide bonds. The molecule has 0 aliphatic heterocycles. The fraction of sp³-hybridized carbons (Fsp3) is 0.571. The van der Waals surface area contributed by atoms with Crippen molar-refractivity contribution in [1.82, 2.24) is 0 Å². The molecule has 0 fully saturated rings. The fourth-order valence-electron chi connectivity index (χ4n) is 1.42. The highest BCUT2D eigenvalue weighted by Crippen LogP contribution is 2.69. The van der Waals surface area contributed by atoms with Gasteiger partial charge in [0.1, 0.15) is 8.93 Å². The minimum absolute atomic E-state index is 0.170. The lowest BCUT2D eigenvalue weighted by Gasteiger charge is -2.18. The Hall–Kier alpha value is -0.270. The van der Waals surface area contributed by atoms with Crippen molar-refractivity contribution < 1.29 is 18.0 Å². The van der Waals surface area contributed by atoms with Gasteiger partial charge in [0.2, 0.25) is 5.75 Å². The highest BCUT2D eigenvalue weighted by atomic mass is 32.1. The van der Waals surface area contributed by atoms with Crippen LogP contribution >= 0.6 is 16.6 Å². The van der Waals surface area contributed by atoms with E-state index in [0.29, 0.717) is 13.2 Å². The smallest absolute Gasteiger partial charge is 0.282 e. The summed E-state index contributed by atoms with van der Waals surface area (Å²) in [6.07, 6.45) is 3.90. The molecule has 1 aromatic rings. The Kier molecular flexibility index (Phi) is 8.56. The average Bonchev–Trinajstić information content (AvgIpc) is 2.42. The molecule has 0 heterocycles. The first kappa shape index (κ1) is 17.8. The standard InChI is InChI=1S/C14H24FO3P2/c1-3-5-11-16-20(19,17-12-6-4-2)18-14-10-8-7-9-13(14)15/h7-10H,3-6,11-12,19H2,1-2H3/q+1. The second-order valence-electron chi connectivity index (χ2n) is 4.44. The quantitative estimate of drug-likeness (QED) is 0.427. The van der Waals surface area contributed by atoms with Crippen LogP contribution in [0.3, 0.4) is 0 Å². The second kappa shape index (κ2) is 9.63. The van der Waals surface area contributed by atoms with E-state index >= 15 is 0 Å². The zero-order chi connectivity index (χ0) is 14.8. The van der Waals surface area contributed by atoms with Crippen molar-refractivity contribution in [3.05, 3.63) is 30.1 Å². The van der Waals surface area contributed by atoms with Crippen LogP contribution in [0, 0.1) is 5.82 Å². The first-order valence-electron chi connectivity index (χ1n) is 7.02. The molecule has 0 bridgehead atoms. The number of hydrogen-bond acceptors (Lipinski definition) is 3. The van der Waals surface area contributed by atoms with Crippen LogP contribution in [0.4, 0.5) is 4.39 Å². The third-order valence-electron chi connectivity index (χ3n) is 2.60. The highest BCUT2D eigenvalue weighted by Gasteiger charge is 2.41. The van der Waals surface area contributed by atoms with Crippen molar-refractivity contribution in [3.63, 3.8) is 0 Å². The Morgan fingerprint density at radius 2 is 1.60 bits per heavy atom. The van der Waals surface area contributed by atoms with E-state index in [2.05, 4.69) is 22.8 Å². The predicted octanol–water partition coefficient (Wildman–Crippen LogP) is 5.39. The van der Waals surface area contributed by atoms with Crippen molar-refractivity contribution in [3.8, 4) is 5.75 Å². The van der Waals surface area contributed by atoms with Crippen LogP contribution in [0.25, 0.3) is 0 Å². The maximum atomic E-state index is 13.7. The van der Waals surface area contributed by atoms with Crippen molar-refractivity contribution in [2.45, 2.75) is 39.5 Å². The molecule has 0 spiro atoms. The lowest BCUT2D eigenvalue weighted by Crippen LogP contribution is -2.07. The number of benzene rings is 1. The van der Waals surface area contributed by atoms with Crippen LogP contribution in [-0.2, 0) is 9.05 Å². The van der Waals surface area contributed by atoms with Crippen LogP contribution in [0.5, 0.6) is 5.75 Å². The first-order chi connectivity index (χ1) is 9.61. The molecular formula is C14H24FO3P2+.